The van der Waals surface area contributed by atoms with E-state index in [4.69, 9.17) is 4.74 Å². The molecule has 0 spiro atoms. The number of amides is 1. The third-order valence-corrected chi connectivity index (χ3v) is 5.76. The number of thioether (sulfide) groups is 1. The van der Waals surface area contributed by atoms with Crippen molar-refractivity contribution in [3.8, 4) is 5.75 Å². The van der Waals surface area contributed by atoms with Gasteiger partial charge in [0.25, 0.3) is 5.56 Å². The predicted octanol–water partition coefficient (Wildman–Crippen LogP) is 3.71. The molecule has 1 amide bonds. The van der Waals surface area contributed by atoms with E-state index < -0.39 is 0 Å². The highest BCUT2D eigenvalue weighted by Crippen LogP contribution is 2.43. The summed E-state index contributed by atoms with van der Waals surface area (Å²) in [6.07, 6.45) is 1.91. The summed E-state index contributed by atoms with van der Waals surface area (Å²) in [6.45, 7) is 6.63. The van der Waals surface area contributed by atoms with E-state index in [2.05, 4.69) is 17.3 Å². The number of carbonyl (C=O) groups is 1. The van der Waals surface area contributed by atoms with Crippen molar-refractivity contribution >= 4 is 23.5 Å². The van der Waals surface area contributed by atoms with Crippen LogP contribution in [0.25, 0.3) is 0 Å². The lowest BCUT2D eigenvalue weighted by Crippen LogP contribution is -2.18. The maximum atomic E-state index is 12.8. The van der Waals surface area contributed by atoms with Crippen molar-refractivity contribution in [3.05, 3.63) is 45.7 Å². The summed E-state index contributed by atoms with van der Waals surface area (Å²) in [6, 6.07) is 7.82. The van der Waals surface area contributed by atoms with Crippen LogP contribution in [0.1, 0.15) is 56.0 Å². The Labute approximate surface area is 157 Å². The molecular formula is C19H25N3O3S. The summed E-state index contributed by atoms with van der Waals surface area (Å²) in [7, 11) is 0. The monoisotopic (exact) mass is 375 g/mol. The Kier molecular flexibility index (Phi) is 5.76. The summed E-state index contributed by atoms with van der Waals surface area (Å²) in [5.74, 6) is 1.54. The molecular weight excluding hydrogens is 350 g/mol. The number of hydrogen-bond acceptors (Lipinski definition) is 4. The number of benzene rings is 1. The van der Waals surface area contributed by atoms with Gasteiger partial charge in [-0.3, -0.25) is 19.4 Å². The van der Waals surface area contributed by atoms with E-state index in [0.717, 1.165) is 24.2 Å². The maximum absolute atomic E-state index is 12.8. The molecule has 7 heteroatoms. The van der Waals surface area contributed by atoms with Crippen LogP contribution >= 0.6 is 11.8 Å². The number of aromatic amines is 1. The Bertz CT molecular complexity index is 843. The minimum absolute atomic E-state index is 0.0934. The summed E-state index contributed by atoms with van der Waals surface area (Å²) >= 11 is 1.46. The molecule has 1 aliphatic rings. The second-order valence-corrected chi connectivity index (χ2v) is 7.51. The first-order chi connectivity index (χ1) is 12.6. The molecule has 1 aromatic carbocycles. The molecule has 0 bridgehead atoms. The first-order valence-electron chi connectivity index (χ1n) is 9.04. The third-order valence-electron chi connectivity index (χ3n) is 4.51. The number of nitrogens with one attached hydrogen (secondary N) is 2. The van der Waals surface area contributed by atoms with E-state index in [1.54, 1.807) is 4.68 Å². The minimum Gasteiger partial charge on any atom is -0.494 e. The Morgan fingerprint density at radius 3 is 2.81 bits per heavy atom. The fourth-order valence-corrected chi connectivity index (χ4v) is 4.50. The van der Waals surface area contributed by atoms with Crippen LogP contribution in [0.5, 0.6) is 5.75 Å². The van der Waals surface area contributed by atoms with Crippen LogP contribution < -0.4 is 15.6 Å². The van der Waals surface area contributed by atoms with Gasteiger partial charge in [-0.05, 0) is 26.3 Å². The van der Waals surface area contributed by atoms with Gasteiger partial charge in [0.15, 0.2) is 0 Å². The minimum atomic E-state index is -0.259. The topological polar surface area (TPSA) is 76.1 Å². The van der Waals surface area contributed by atoms with E-state index in [9.17, 15) is 9.59 Å². The normalized spacial score (nSPS) is 18.0. The second-order valence-electron chi connectivity index (χ2n) is 6.42. The van der Waals surface area contributed by atoms with Crippen LogP contribution in [0.4, 0.5) is 5.82 Å². The van der Waals surface area contributed by atoms with Gasteiger partial charge in [-0.2, -0.15) is 0 Å². The van der Waals surface area contributed by atoms with Gasteiger partial charge in [-0.25, -0.2) is 0 Å². The number of fused-ring (bicyclic) bond motifs is 1. The largest absolute Gasteiger partial charge is 0.494 e. The number of para-hydroxylation sites is 1. The van der Waals surface area contributed by atoms with Crippen LogP contribution in [0.2, 0.25) is 0 Å². The average Bonchev–Trinajstić information content (AvgIpc) is 2.83. The standard InChI is InChI=1S/C19H25N3O3S/c1-4-8-12(3)22-18-16(19(24)21-22)17(26-11-15(23)20-18)13-9-6-7-10-14(13)25-5-2/h6-7,9-10,12,17H,4-5,8,11H2,1-3H3,(H,20,23)(H,21,24)/t12-,17-/m1/s1. The van der Waals surface area contributed by atoms with Crippen LogP contribution in [0.3, 0.4) is 0 Å². The third kappa shape index (κ3) is 3.53. The Morgan fingerprint density at radius 1 is 1.31 bits per heavy atom. The quantitative estimate of drug-likeness (QED) is 0.807. The van der Waals surface area contributed by atoms with E-state index in [0.29, 0.717) is 23.7 Å². The number of anilines is 1. The van der Waals surface area contributed by atoms with Crippen molar-refractivity contribution in [2.75, 3.05) is 17.7 Å². The molecule has 26 heavy (non-hydrogen) atoms. The maximum Gasteiger partial charge on any atom is 0.270 e. The van der Waals surface area contributed by atoms with Gasteiger partial charge in [0.1, 0.15) is 11.6 Å². The number of hydrogen-bond donors (Lipinski definition) is 2. The highest BCUT2D eigenvalue weighted by atomic mass is 32.2. The lowest BCUT2D eigenvalue weighted by molar-refractivity contribution is -0.113. The molecule has 0 fully saturated rings. The van der Waals surface area contributed by atoms with Gasteiger partial charge in [0.05, 0.1) is 23.2 Å². The van der Waals surface area contributed by atoms with Crippen molar-refractivity contribution < 1.29 is 9.53 Å². The number of aromatic nitrogens is 2. The van der Waals surface area contributed by atoms with Crippen LogP contribution in [-0.4, -0.2) is 28.0 Å². The lowest BCUT2D eigenvalue weighted by Gasteiger charge is -2.18. The molecule has 0 unspecified atom stereocenters. The second kappa shape index (κ2) is 8.03. The molecule has 0 aliphatic carbocycles. The van der Waals surface area contributed by atoms with Gasteiger partial charge in [-0.1, -0.05) is 31.5 Å². The molecule has 0 saturated heterocycles. The average molecular weight is 375 g/mol. The SMILES string of the molecule is CCC[C@@H](C)n1[nH]c(=O)c2c1NC(=O)CS[C@@H]2c1ccccc1OCC. The molecule has 140 valence electrons. The van der Waals surface area contributed by atoms with Crippen molar-refractivity contribution in [3.63, 3.8) is 0 Å². The predicted molar refractivity (Wildman–Crippen MR) is 105 cm³/mol. The van der Waals surface area contributed by atoms with Crippen molar-refractivity contribution in [1.29, 1.82) is 0 Å². The van der Waals surface area contributed by atoms with Gasteiger partial charge in [-0.15, -0.1) is 11.8 Å². The summed E-state index contributed by atoms with van der Waals surface area (Å²) in [5.41, 5.74) is 1.36. The molecule has 2 atom stereocenters. The zero-order valence-corrected chi connectivity index (χ0v) is 16.2. The van der Waals surface area contributed by atoms with Crippen LogP contribution in [0, 0.1) is 0 Å². The molecule has 2 N–H and O–H groups in total. The molecule has 6 nitrogen and oxygen atoms in total. The first-order valence-corrected chi connectivity index (χ1v) is 10.1. The van der Waals surface area contributed by atoms with Crippen molar-refractivity contribution in [2.45, 2.75) is 44.9 Å². The summed E-state index contributed by atoms with van der Waals surface area (Å²) in [4.78, 5) is 25.1. The van der Waals surface area contributed by atoms with E-state index in [-0.39, 0.29) is 22.8 Å². The number of ether oxygens (including phenoxy) is 1. The van der Waals surface area contributed by atoms with E-state index in [1.165, 1.54) is 11.8 Å². The highest BCUT2D eigenvalue weighted by molar-refractivity contribution is 8.00. The summed E-state index contributed by atoms with van der Waals surface area (Å²) in [5, 5.41) is 5.61. The van der Waals surface area contributed by atoms with Crippen molar-refractivity contribution in [2.24, 2.45) is 0 Å². The lowest BCUT2D eigenvalue weighted by atomic mass is 10.0. The number of rotatable bonds is 6. The molecule has 1 aliphatic heterocycles. The zero-order valence-electron chi connectivity index (χ0n) is 15.4. The fraction of sp³-hybridized carbons (Fsp3) is 0.474. The smallest absolute Gasteiger partial charge is 0.270 e. The zero-order chi connectivity index (χ0) is 18.7. The molecule has 2 aromatic rings. The number of nitrogens with zero attached hydrogens (tertiary/aromatic N) is 1. The molecule has 2 heterocycles. The molecule has 0 saturated carbocycles. The number of H-pyrrole nitrogens is 1. The van der Waals surface area contributed by atoms with Crippen molar-refractivity contribution in [1.82, 2.24) is 9.78 Å². The molecule has 0 radical (unpaired) electrons. The molecule has 3 rings (SSSR count). The Hall–Kier alpha value is -2.15. The van der Waals surface area contributed by atoms with E-state index >= 15 is 0 Å². The Balaban J connectivity index is 2.14. The van der Waals surface area contributed by atoms with E-state index in [1.807, 2.05) is 38.1 Å². The molecule has 1 aromatic heterocycles. The first kappa shape index (κ1) is 18.6. The van der Waals surface area contributed by atoms with Gasteiger partial charge in [0, 0.05) is 11.6 Å². The van der Waals surface area contributed by atoms with Crippen LogP contribution in [0.15, 0.2) is 29.1 Å². The summed E-state index contributed by atoms with van der Waals surface area (Å²) < 4.78 is 7.57. The van der Waals surface area contributed by atoms with Gasteiger partial charge >= 0.3 is 0 Å². The van der Waals surface area contributed by atoms with Gasteiger partial charge in [0.2, 0.25) is 5.91 Å². The van der Waals surface area contributed by atoms with Gasteiger partial charge < -0.3 is 10.1 Å². The Morgan fingerprint density at radius 2 is 2.08 bits per heavy atom. The van der Waals surface area contributed by atoms with Crippen LogP contribution in [-0.2, 0) is 4.79 Å². The highest BCUT2D eigenvalue weighted by Gasteiger charge is 2.32. The number of carbonyl (C=O) groups excluding carboxylic acids is 1. The fourth-order valence-electron chi connectivity index (χ4n) is 3.35.